The third-order valence-electron chi connectivity index (χ3n) is 5.36. The van der Waals surface area contributed by atoms with Gasteiger partial charge in [0, 0.05) is 37.2 Å². The minimum Gasteiger partial charge on any atom is -0.497 e. The second-order valence-corrected chi connectivity index (χ2v) is 7.48. The van der Waals surface area contributed by atoms with Gasteiger partial charge in [-0.1, -0.05) is 17.7 Å². The lowest BCUT2D eigenvalue weighted by atomic mass is 10.1. The first-order valence-corrected chi connectivity index (χ1v) is 10.2. The van der Waals surface area contributed by atoms with Gasteiger partial charge >= 0.3 is 0 Å². The van der Waals surface area contributed by atoms with Gasteiger partial charge in [-0.25, -0.2) is 0 Å². The molecule has 0 spiro atoms. The number of guanidine groups is 1. The fourth-order valence-electron chi connectivity index (χ4n) is 3.90. The largest absolute Gasteiger partial charge is 0.497 e. The van der Waals surface area contributed by atoms with Gasteiger partial charge in [0.2, 0.25) is 0 Å². The zero-order chi connectivity index (χ0) is 18.4. The van der Waals surface area contributed by atoms with Gasteiger partial charge in [0.25, 0.3) is 0 Å². The fraction of sp³-hybridized carbons (Fsp3) is 0.650. The molecule has 1 atom stereocenters. The molecule has 0 aromatic heterocycles. The number of aliphatic imine (C=N–C) groups is 1. The summed E-state index contributed by atoms with van der Waals surface area (Å²) in [5, 5.41) is 4.21. The van der Waals surface area contributed by atoms with Crippen molar-refractivity contribution in [1.82, 2.24) is 15.1 Å². The van der Waals surface area contributed by atoms with Crippen LogP contribution in [0.3, 0.4) is 0 Å². The van der Waals surface area contributed by atoms with Crippen LogP contribution in [-0.4, -0.2) is 68.2 Å². The van der Waals surface area contributed by atoms with Gasteiger partial charge in [0.1, 0.15) is 5.75 Å². The summed E-state index contributed by atoms with van der Waals surface area (Å²) < 4.78 is 5.21. The number of hydrogen-bond donors (Lipinski definition) is 1. The van der Waals surface area contributed by atoms with E-state index in [1.165, 1.54) is 32.4 Å². The summed E-state index contributed by atoms with van der Waals surface area (Å²) in [7, 11) is 1.66. The Balaban J connectivity index is 0.00000261. The molecule has 2 aliphatic rings. The average molecular weight is 507 g/mol. The van der Waals surface area contributed by atoms with Crippen LogP contribution in [0.1, 0.15) is 31.7 Å². The van der Waals surface area contributed by atoms with Crippen molar-refractivity contribution in [2.45, 2.75) is 38.6 Å². The maximum atomic E-state index is 6.34. The zero-order valence-corrected chi connectivity index (χ0v) is 19.5. The van der Waals surface area contributed by atoms with Gasteiger partial charge in [-0.3, -0.25) is 9.89 Å². The van der Waals surface area contributed by atoms with Crippen molar-refractivity contribution in [2.24, 2.45) is 4.99 Å². The van der Waals surface area contributed by atoms with Crippen LogP contribution in [0.2, 0.25) is 5.02 Å². The number of nitrogens with one attached hydrogen (secondary N) is 1. The minimum atomic E-state index is 0. The lowest BCUT2D eigenvalue weighted by molar-refractivity contribution is 0.249. The van der Waals surface area contributed by atoms with Gasteiger partial charge in [0.15, 0.2) is 5.96 Å². The van der Waals surface area contributed by atoms with E-state index in [0.29, 0.717) is 6.04 Å². The molecule has 0 amide bonds. The number of halogens is 2. The van der Waals surface area contributed by atoms with Crippen LogP contribution in [0.5, 0.6) is 5.75 Å². The monoisotopic (exact) mass is 506 g/mol. The Labute approximate surface area is 185 Å². The molecule has 7 heteroatoms. The Morgan fingerprint density at radius 3 is 2.74 bits per heavy atom. The quantitative estimate of drug-likeness (QED) is 0.363. The molecule has 152 valence electrons. The number of methoxy groups -OCH3 is 1. The number of likely N-dealkylation sites (tertiary alicyclic amines) is 2. The molecule has 1 unspecified atom stereocenters. The highest BCUT2D eigenvalue weighted by Gasteiger charge is 2.30. The van der Waals surface area contributed by atoms with Gasteiger partial charge < -0.3 is 15.0 Å². The van der Waals surface area contributed by atoms with Crippen molar-refractivity contribution in [1.29, 1.82) is 0 Å². The van der Waals surface area contributed by atoms with Crippen LogP contribution in [0.25, 0.3) is 0 Å². The summed E-state index contributed by atoms with van der Waals surface area (Å²) in [5.41, 5.74) is 1.11. The highest BCUT2D eigenvalue weighted by atomic mass is 127. The molecule has 1 aromatic carbocycles. The first-order valence-electron chi connectivity index (χ1n) is 9.81. The molecular weight excluding hydrogens is 475 g/mol. The third kappa shape index (κ3) is 6.12. The molecule has 0 aliphatic carbocycles. The first kappa shape index (κ1) is 22.6. The predicted molar refractivity (Wildman–Crippen MR) is 124 cm³/mol. The molecule has 3 rings (SSSR count). The van der Waals surface area contributed by atoms with Crippen molar-refractivity contribution in [3.8, 4) is 5.75 Å². The molecule has 2 saturated heterocycles. The van der Waals surface area contributed by atoms with E-state index in [2.05, 4.69) is 22.0 Å². The number of rotatable bonds is 6. The molecular formula is C20H32ClIN4O. The summed E-state index contributed by atoms with van der Waals surface area (Å²) >= 11 is 6.34. The minimum absolute atomic E-state index is 0. The lowest BCUT2D eigenvalue weighted by Gasteiger charge is -2.25. The second-order valence-electron chi connectivity index (χ2n) is 7.07. The Bertz CT molecular complexity index is 622. The average Bonchev–Trinajstić information content (AvgIpc) is 3.33. The fourth-order valence-corrected chi connectivity index (χ4v) is 4.17. The highest BCUT2D eigenvalue weighted by molar-refractivity contribution is 14.0. The number of benzene rings is 1. The maximum Gasteiger partial charge on any atom is 0.193 e. The Morgan fingerprint density at radius 2 is 2.07 bits per heavy atom. The van der Waals surface area contributed by atoms with E-state index in [4.69, 9.17) is 21.3 Å². The van der Waals surface area contributed by atoms with Gasteiger partial charge in [-0.2, -0.15) is 0 Å². The number of ether oxygens (including phenoxy) is 1. The predicted octanol–water partition coefficient (Wildman–Crippen LogP) is 3.64. The molecule has 0 saturated carbocycles. The van der Waals surface area contributed by atoms with E-state index in [9.17, 15) is 0 Å². The maximum absolute atomic E-state index is 6.34. The van der Waals surface area contributed by atoms with Crippen molar-refractivity contribution in [3.05, 3.63) is 28.8 Å². The van der Waals surface area contributed by atoms with Crippen molar-refractivity contribution in [3.63, 3.8) is 0 Å². The van der Waals surface area contributed by atoms with Crippen LogP contribution in [0.4, 0.5) is 0 Å². The van der Waals surface area contributed by atoms with Crippen LogP contribution in [-0.2, 0) is 6.42 Å². The van der Waals surface area contributed by atoms with Crippen molar-refractivity contribution >= 4 is 41.5 Å². The molecule has 0 radical (unpaired) electrons. The Kier molecular flexibility index (Phi) is 9.45. The smallest absolute Gasteiger partial charge is 0.193 e. The van der Waals surface area contributed by atoms with Crippen LogP contribution in [0, 0.1) is 0 Å². The molecule has 5 nitrogen and oxygen atoms in total. The number of hydrogen-bond acceptors (Lipinski definition) is 3. The zero-order valence-electron chi connectivity index (χ0n) is 16.4. The topological polar surface area (TPSA) is 40.1 Å². The van der Waals surface area contributed by atoms with Crippen LogP contribution in [0.15, 0.2) is 23.2 Å². The second kappa shape index (κ2) is 11.3. The molecule has 1 N–H and O–H groups in total. The van der Waals surface area contributed by atoms with E-state index in [1.54, 1.807) is 7.11 Å². The first-order chi connectivity index (χ1) is 12.7. The molecule has 2 aliphatic heterocycles. The molecule has 2 heterocycles. The summed E-state index contributed by atoms with van der Waals surface area (Å²) in [6.45, 7) is 8.48. The standard InChI is InChI=1S/C20H31ClN4O.HI/c1-3-22-20(25-13-9-17(15-25)24-11-4-5-12-24)23-10-8-16-6-7-18(26-2)14-19(16)21;/h6-7,14,17H,3-5,8-13,15H2,1-2H3,(H,22,23);1H. The van der Waals surface area contributed by atoms with Gasteiger partial charge in [-0.05, 0) is 63.4 Å². The van der Waals surface area contributed by atoms with E-state index in [0.717, 1.165) is 54.9 Å². The lowest BCUT2D eigenvalue weighted by Crippen LogP contribution is -2.42. The van der Waals surface area contributed by atoms with Gasteiger partial charge in [0.05, 0.1) is 7.11 Å². The van der Waals surface area contributed by atoms with Crippen molar-refractivity contribution < 1.29 is 4.74 Å². The van der Waals surface area contributed by atoms with Crippen LogP contribution < -0.4 is 10.1 Å². The summed E-state index contributed by atoms with van der Waals surface area (Å²) in [6.07, 6.45) is 4.79. The summed E-state index contributed by atoms with van der Waals surface area (Å²) in [5.74, 6) is 1.83. The van der Waals surface area contributed by atoms with E-state index in [-0.39, 0.29) is 24.0 Å². The van der Waals surface area contributed by atoms with Crippen LogP contribution >= 0.6 is 35.6 Å². The summed E-state index contributed by atoms with van der Waals surface area (Å²) in [4.78, 5) is 9.93. The van der Waals surface area contributed by atoms with Gasteiger partial charge in [-0.15, -0.1) is 24.0 Å². The molecule has 27 heavy (non-hydrogen) atoms. The SMILES string of the molecule is CCNC(=NCCc1ccc(OC)cc1Cl)N1CCC(N2CCCC2)C1.I. The highest BCUT2D eigenvalue weighted by Crippen LogP contribution is 2.23. The molecule has 2 fully saturated rings. The number of nitrogens with zero attached hydrogens (tertiary/aromatic N) is 3. The third-order valence-corrected chi connectivity index (χ3v) is 5.71. The van der Waals surface area contributed by atoms with Crippen molar-refractivity contribution in [2.75, 3.05) is 46.4 Å². The Hall–Kier alpha value is -0.730. The van der Waals surface area contributed by atoms with E-state index >= 15 is 0 Å². The van der Waals surface area contributed by atoms with E-state index < -0.39 is 0 Å². The van der Waals surface area contributed by atoms with E-state index in [1.807, 2.05) is 18.2 Å². The Morgan fingerprint density at radius 1 is 1.30 bits per heavy atom. The molecule has 0 bridgehead atoms. The normalized spacial score (nSPS) is 20.6. The molecule has 1 aromatic rings. The summed E-state index contributed by atoms with van der Waals surface area (Å²) in [6, 6.07) is 6.55.